The van der Waals surface area contributed by atoms with Crippen LogP contribution in [-0.2, 0) is 10.2 Å². The van der Waals surface area contributed by atoms with E-state index in [1.165, 1.54) is 24.8 Å². The van der Waals surface area contributed by atoms with Crippen LogP contribution in [0.25, 0.3) is 0 Å². The monoisotopic (exact) mass is 214 g/mol. The number of para-hydroxylation sites is 1. The van der Waals surface area contributed by atoms with Gasteiger partial charge >= 0.3 is 5.97 Å². The summed E-state index contributed by atoms with van der Waals surface area (Å²) in [5, 5.41) is 0. The van der Waals surface area contributed by atoms with E-state index in [4.69, 9.17) is 4.74 Å². The van der Waals surface area contributed by atoms with Crippen LogP contribution in [0.15, 0.2) is 24.3 Å². The molecule has 2 saturated carbocycles. The SMILES string of the molecule is O=C1Oc2ccccc2C23CCCC2CC13. The van der Waals surface area contributed by atoms with Gasteiger partial charge in [-0.3, -0.25) is 4.79 Å². The largest absolute Gasteiger partial charge is 0.426 e. The standard InChI is InChI=1S/C14H14O2/c15-13-11-8-9-4-3-7-14(9,11)10-5-1-2-6-12(10)16-13/h1-2,5-6,9,11H,3-4,7-8H2. The van der Waals surface area contributed by atoms with Gasteiger partial charge in [-0.15, -0.1) is 0 Å². The Morgan fingerprint density at radius 3 is 3.06 bits per heavy atom. The van der Waals surface area contributed by atoms with E-state index in [0.29, 0.717) is 0 Å². The third kappa shape index (κ3) is 0.796. The van der Waals surface area contributed by atoms with Gasteiger partial charge in [0.1, 0.15) is 5.75 Å². The molecule has 3 atom stereocenters. The van der Waals surface area contributed by atoms with Crippen molar-refractivity contribution in [2.45, 2.75) is 31.1 Å². The highest BCUT2D eigenvalue weighted by Gasteiger charge is 2.64. The summed E-state index contributed by atoms with van der Waals surface area (Å²) in [6, 6.07) is 8.11. The highest BCUT2D eigenvalue weighted by Crippen LogP contribution is 2.65. The van der Waals surface area contributed by atoms with Crippen molar-refractivity contribution in [1.29, 1.82) is 0 Å². The minimum absolute atomic E-state index is 0.0110. The Morgan fingerprint density at radius 2 is 2.19 bits per heavy atom. The van der Waals surface area contributed by atoms with Gasteiger partial charge < -0.3 is 4.74 Å². The number of benzene rings is 1. The van der Waals surface area contributed by atoms with Crippen molar-refractivity contribution in [3.8, 4) is 5.75 Å². The van der Waals surface area contributed by atoms with E-state index in [0.717, 1.165) is 18.1 Å². The zero-order chi connectivity index (χ0) is 10.8. The van der Waals surface area contributed by atoms with Crippen LogP contribution in [0.5, 0.6) is 5.75 Å². The summed E-state index contributed by atoms with van der Waals surface area (Å²) in [5.74, 6) is 1.70. The number of hydrogen-bond donors (Lipinski definition) is 0. The summed E-state index contributed by atoms with van der Waals surface area (Å²) < 4.78 is 5.43. The number of hydrogen-bond acceptors (Lipinski definition) is 2. The normalized spacial score (nSPS) is 39.1. The van der Waals surface area contributed by atoms with Gasteiger partial charge in [-0.25, -0.2) is 0 Å². The number of fused-ring (bicyclic) bond motifs is 1. The van der Waals surface area contributed by atoms with E-state index < -0.39 is 0 Å². The van der Waals surface area contributed by atoms with Crippen molar-refractivity contribution in [2.24, 2.45) is 11.8 Å². The number of esters is 1. The lowest BCUT2D eigenvalue weighted by Crippen LogP contribution is -2.56. The average Bonchev–Trinajstić information content (AvgIpc) is 2.57. The zero-order valence-electron chi connectivity index (χ0n) is 9.11. The number of carbonyl (C=O) groups is 1. The molecule has 0 radical (unpaired) electrons. The molecule has 1 spiro atoms. The molecule has 1 aromatic rings. The van der Waals surface area contributed by atoms with Gasteiger partial charge in [-0.2, -0.15) is 0 Å². The fourth-order valence-corrected chi connectivity index (χ4v) is 4.19. The summed E-state index contributed by atoms with van der Waals surface area (Å²) in [7, 11) is 0. The van der Waals surface area contributed by atoms with Crippen LogP contribution in [-0.4, -0.2) is 5.97 Å². The van der Waals surface area contributed by atoms with Gasteiger partial charge in [0.2, 0.25) is 0 Å². The molecular formula is C14H14O2. The quantitative estimate of drug-likeness (QED) is 0.490. The topological polar surface area (TPSA) is 26.3 Å². The second kappa shape index (κ2) is 2.68. The predicted molar refractivity (Wildman–Crippen MR) is 59.2 cm³/mol. The van der Waals surface area contributed by atoms with Gasteiger partial charge in [-0.1, -0.05) is 24.6 Å². The van der Waals surface area contributed by atoms with Crippen LogP contribution in [0, 0.1) is 11.8 Å². The lowest BCUT2D eigenvalue weighted by molar-refractivity contribution is -0.153. The lowest BCUT2D eigenvalue weighted by atomic mass is 9.50. The molecule has 3 unspecified atom stereocenters. The fraction of sp³-hybridized carbons (Fsp3) is 0.500. The first-order valence-electron chi connectivity index (χ1n) is 6.13. The molecule has 1 aliphatic heterocycles. The first-order chi connectivity index (χ1) is 7.82. The Kier molecular flexibility index (Phi) is 1.47. The third-order valence-corrected chi connectivity index (χ3v) is 4.90. The van der Waals surface area contributed by atoms with Gasteiger partial charge in [0, 0.05) is 11.0 Å². The van der Waals surface area contributed by atoms with Crippen molar-refractivity contribution >= 4 is 5.97 Å². The van der Waals surface area contributed by atoms with E-state index in [-0.39, 0.29) is 17.3 Å². The van der Waals surface area contributed by atoms with Gasteiger partial charge in [0.15, 0.2) is 0 Å². The predicted octanol–water partition coefficient (Wildman–Crippen LogP) is 2.66. The van der Waals surface area contributed by atoms with Gasteiger partial charge in [0.05, 0.1) is 5.92 Å². The molecule has 0 bridgehead atoms. The Hall–Kier alpha value is -1.31. The first kappa shape index (κ1) is 8.80. The molecular weight excluding hydrogens is 200 g/mol. The van der Waals surface area contributed by atoms with Crippen molar-refractivity contribution < 1.29 is 9.53 Å². The molecule has 1 heterocycles. The highest BCUT2D eigenvalue weighted by molar-refractivity contribution is 5.82. The molecule has 0 saturated heterocycles. The van der Waals surface area contributed by atoms with Crippen molar-refractivity contribution in [2.75, 3.05) is 0 Å². The fourth-order valence-electron chi connectivity index (χ4n) is 4.19. The molecule has 0 N–H and O–H groups in total. The molecule has 2 fully saturated rings. The van der Waals surface area contributed by atoms with Crippen LogP contribution in [0.2, 0.25) is 0 Å². The van der Waals surface area contributed by atoms with Gasteiger partial charge in [0.25, 0.3) is 0 Å². The number of ether oxygens (including phenoxy) is 1. The smallest absolute Gasteiger partial charge is 0.315 e. The van der Waals surface area contributed by atoms with E-state index in [2.05, 4.69) is 12.1 Å². The second-order valence-corrected chi connectivity index (χ2v) is 5.34. The minimum atomic E-state index is 0.0110. The summed E-state index contributed by atoms with van der Waals surface area (Å²) in [5.41, 5.74) is 1.46. The second-order valence-electron chi connectivity index (χ2n) is 5.34. The van der Waals surface area contributed by atoms with Crippen LogP contribution >= 0.6 is 0 Å². The molecule has 2 heteroatoms. The number of carbonyl (C=O) groups excluding carboxylic acids is 1. The Labute approximate surface area is 94.6 Å². The molecule has 82 valence electrons. The first-order valence-corrected chi connectivity index (χ1v) is 6.13. The van der Waals surface area contributed by atoms with Crippen LogP contribution < -0.4 is 4.74 Å². The summed E-state index contributed by atoms with van der Waals surface area (Å²) in [6.07, 6.45) is 4.78. The molecule has 2 aliphatic carbocycles. The highest BCUT2D eigenvalue weighted by atomic mass is 16.5. The van der Waals surface area contributed by atoms with Crippen molar-refractivity contribution in [3.05, 3.63) is 29.8 Å². The zero-order valence-corrected chi connectivity index (χ0v) is 9.11. The molecule has 0 amide bonds. The van der Waals surface area contributed by atoms with Crippen LogP contribution in [0.1, 0.15) is 31.2 Å². The van der Waals surface area contributed by atoms with E-state index in [9.17, 15) is 4.79 Å². The number of rotatable bonds is 0. The van der Waals surface area contributed by atoms with Crippen LogP contribution in [0.4, 0.5) is 0 Å². The van der Waals surface area contributed by atoms with Crippen molar-refractivity contribution in [3.63, 3.8) is 0 Å². The Balaban J connectivity index is 1.95. The minimum Gasteiger partial charge on any atom is -0.426 e. The maximum Gasteiger partial charge on any atom is 0.315 e. The maximum atomic E-state index is 11.9. The average molecular weight is 214 g/mol. The summed E-state index contributed by atoms with van der Waals surface area (Å²) in [6.45, 7) is 0. The third-order valence-electron chi connectivity index (χ3n) is 4.90. The maximum absolute atomic E-state index is 11.9. The molecule has 2 nitrogen and oxygen atoms in total. The summed E-state index contributed by atoms with van der Waals surface area (Å²) in [4.78, 5) is 11.9. The van der Waals surface area contributed by atoms with E-state index in [1.54, 1.807) is 0 Å². The molecule has 1 aromatic carbocycles. The molecule has 3 aliphatic rings. The Morgan fingerprint density at radius 1 is 1.31 bits per heavy atom. The lowest BCUT2D eigenvalue weighted by Gasteiger charge is -2.54. The van der Waals surface area contributed by atoms with E-state index in [1.807, 2.05) is 12.1 Å². The van der Waals surface area contributed by atoms with Crippen LogP contribution in [0.3, 0.4) is 0 Å². The van der Waals surface area contributed by atoms with Gasteiger partial charge in [-0.05, 0) is 31.2 Å². The van der Waals surface area contributed by atoms with Crippen molar-refractivity contribution in [1.82, 2.24) is 0 Å². The molecule has 16 heavy (non-hydrogen) atoms. The van der Waals surface area contributed by atoms with E-state index >= 15 is 0 Å². The Bertz CT molecular complexity index is 479. The molecule has 4 rings (SSSR count). The summed E-state index contributed by atoms with van der Waals surface area (Å²) >= 11 is 0. The molecule has 0 aromatic heterocycles.